The highest BCUT2D eigenvalue weighted by atomic mass is 16.5. The molecule has 0 aliphatic carbocycles. The lowest BCUT2D eigenvalue weighted by atomic mass is 10.0. The third-order valence-electron chi connectivity index (χ3n) is 2.78. The third-order valence-corrected chi connectivity index (χ3v) is 2.78. The van der Waals surface area contributed by atoms with Gasteiger partial charge in [0.15, 0.2) is 0 Å². The normalized spacial score (nSPS) is 18.4. The first-order chi connectivity index (χ1) is 7.29. The Kier molecular flexibility index (Phi) is 3.10. The van der Waals surface area contributed by atoms with Crippen molar-refractivity contribution in [2.24, 2.45) is 0 Å². The predicted octanol–water partition coefficient (Wildman–Crippen LogP) is 3.96. The van der Waals surface area contributed by atoms with E-state index in [1.807, 2.05) is 0 Å². The zero-order valence-corrected chi connectivity index (χ0v) is 9.49. The fourth-order valence-electron chi connectivity index (χ4n) is 1.88. The second kappa shape index (κ2) is 4.52. The monoisotopic (exact) mass is 202 g/mol. The summed E-state index contributed by atoms with van der Waals surface area (Å²) in [6.45, 7) is 4.32. The number of aryl methyl sites for hydroxylation is 1. The maximum absolute atomic E-state index is 5.90. The molecule has 80 valence electrons. The summed E-state index contributed by atoms with van der Waals surface area (Å²) in [5.41, 5.74) is 2.50. The van der Waals surface area contributed by atoms with Gasteiger partial charge in [0, 0.05) is 5.56 Å². The van der Waals surface area contributed by atoms with Crippen LogP contribution in [0.15, 0.2) is 24.3 Å². The second-order valence-electron chi connectivity index (χ2n) is 4.20. The Bertz CT molecular complexity index is 366. The fourth-order valence-corrected chi connectivity index (χ4v) is 1.88. The van der Waals surface area contributed by atoms with E-state index in [0.717, 1.165) is 12.2 Å². The Morgan fingerprint density at radius 2 is 2.20 bits per heavy atom. The molecule has 2 rings (SSSR count). The van der Waals surface area contributed by atoms with Crippen molar-refractivity contribution < 1.29 is 4.74 Å². The van der Waals surface area contributed by atoms with Gasteiger partial charge in [0.2, 0.25) is 0 Å². The molecule has 0 radical (unpaired) electrons. The largest absolute Gasteiger partial charge is 0.486 e. The van der Waals surface area contributed by atoms with Gasteiger partial charge >= 0.3 is 0 Å². The number of hydrogen-bond donors (Lipinski definition) is 0. The molecule has 1 heteroatoms. The second-order valence-corrected chi connectivity index (χ2v) is 4.20. The van der Waals surface area contributed by atoms with Crippen LogP contribution in [-0.2, 0) is 0 Å². The minimum Gasteiger partial charge on any atom is -0.486 e. The zero-order chi connectivity index (χ0) is 10.7. The van der Waals surface area contributed by atoms with Gasteiger partial charge in [-0.3, -0.25) is 0 Å². The van der Waals surface area contributed by atoms with E-state index >= 15 is 0 Å². The summed E-state index contributed by atoms with van der Waals surface area (Å²) in [6.07, 6.45) is 8.23. The van der Waals surface area contributed by atoms with E-state index in [4.69, 9.17) is 4.74 Å². The highest BCUT2D eigenvalue weighted by Crippen LogP contribution is 2.28. The van der Waals surface area contributed by atoms with Gasteiger partial charge in [0.25, 0.3) is 0 Å². The fraction of sp³-hybridized carbons (Fsp3) is 0.429. The highest BCUT2D eigenvalue weighted by Gasteiger charge is 2.13. The molecule has 0 amide bonds. The quantitative estimate of drug-likeness (QED) is 0.721. The summed E-state index contributed by atoms with van der Waals surface area (Å²) in [7, 11) is 0. The maximum atomic E-state index is 5.90. The summed E-state index contributed by atoms with van der Waals surface area (Å²) < 4.78 is 5.90. The number of hydrogen-bond acceptors (Lipinski definition) is 1. The van der Waals surface area contributed by atoms with Gasteiger partial charge in [-0.2, -0.15) is 0 Å². The molecule has 1 unspecified atom stereocenters. The van der Waals surface area contributed by atoms with Gasteiger partial charge in [0.05, 0.1) is 0 Å². The van der Waals surface area contributed by atoms with Crippen molar-refractivity contribution in [3.8, 4) is 5.75 Å². The van der Waals surface area contributed by atoms with Crippen LogP contribution in [0.1, 0.15) is 37.3 Å². The molecule has 0 N–H and O–H groups in total. The van der Waals surface area contributed by atoms with Gasteiger partial charge in [-0.15, -0.1) is 0 Å². The SMILES string of the molecule is CCCCC1C=Cc2cc(C)ccc2O1. The first-order valence-electron chi connectivity index (χ1n) is 5.75. The molecule has 0 saturated carbocycles. The van der Waals surface area contributed by atoms with Crippen LogP contribution in [0.2, 0.25) is 0 Å². The van der Waals surface area contributed by atoms with Crippen LogP contribution in [0.5, 0.6) is 5.75 Å². The summed E-state index contributed by atoms with van der Waals surface area (Å²) in [6, 6.07) is 6.35. The van der Waals surface area contributed by atoms with E-state index < -0.39 is 0 Å². The molecule has 1 aliphatic rings. The van der Waals surface area contributed by atoms with Crippen LogP contribution >= 0.6 is 0 Å². The number of ether oxygens (including phenoxy) is 1. The number of rotatable bonds is 3. The molecular weight excluding hydrogens is 184 g/mol. The maximum Gasteiger partial charge on any atom is 0.127 e. The standard InChI is InChI=1S/C14H18O/c1-3-4-5-13-8-7-12-10-11(2)6-9-14(12)15-13/h6-10,13H,3-5H2,1-2H3. The highest BCUT2D eigenvalue weighted by molar-refractivity contribution is 5.60. The van der Waals surface area contributed by atoms with Gasteiger partial charge in [0.1, 0.15) is 11.9 Å². The third kappa shape index (κ3) is 2.41. The average molecular weight is 202 g/mol. The van der Waals surface area contributed by atoms with Gasteiger partial charge < -0.3 is 4.74 Å². The van der Waals surface area contributed by atoms with Crippen LogP contribution in [-0.4, -0.2) is 6.10 Å². The number of benzene rings is 1. The smallest absolute Gasteiger partial charge is 0.127 e. The molecule has 0 bridgehead atoms. The lowest BCUT2D eigenvalue weighted by molar-refractivity contribution is 0.231. The first kappa shape index (κ1) is 10.3. The predicted molar refractivity (Wildman–Crippen MR) is 64.2 cm³/mol. The van der Waals surface area contributed by atoms with E-state index in [9.17, 15) is 0 Å². The summed E-state index contributed by atoms with van der Waals surface area (Å²) in [5.74, 6) is 1.03. The average Bonchev–Trinajstić information content (AvgIpc) is 2.26. The van der Waals surface area contributed by atoms with Crippen LogP contribution in [0.3, 0.4) is 0 Å². The Hall–Kier alpha value is -1.24. The van der Waals surface area contributed by atoms with Gasteiger partial charge in [-0.05, 0) is 38.0 Å². The Morgan fingerprint density at radius 3 is 3.00 bits per heavy atom. The van der Waals surface area contributed by atoms with Gasteiger partial charge in [-0.1, -0.05) is 31.1 Å². The summed E-state index contributed by atoms with van der Waals surface area (Å²) in [5, 5.41) is 0. The first-order valence-corrected chi connectivity index (χ1v) is 5.75. The molecule has 0 aromatic heterocycles. The molecule has 1 aliphatic heterocycles. The van der Waals surface area contributed by atoms with Crippen LogP contribution in [0.4, 0.5) is 0 Å². The van der Waals surface area contributed by atoms with Crippen molar-refractivity contribution in [1.29, 1.82) is 0 Å². The molecule has 1 heterocycles. The van der Waals surface area contributed by atoms with E-state index in [1.165, 1.54) is 24.0 Å². The van der Waals surface area contributed by atoms with E-state index in [1.54, 1.807) is 0 Å². The lowest BCUT2D eigenvalue weighted by Gasteiger charge is -2.21. The van der Waals surface area contributed by atoms with E-state index in [0.29, 0.717) is 0 Å². The minimum atomic E-state index is 0.278. The van der Waals surface area contributed by atoms with E-state index in [-0.39, 0.29) is 6.10 Å². The molecule has 15 heavy (non-hydrogen) atoms. The van der Waals surface area contributed by atoms with Crippen molar-refractivity contribution in [3.05, 3.63) is 35.4 Å². The number of fused-ring (bicyclic) bond motifs is 1. The summed E-state index contributed by atoms with van der Waals surface area (Å²) >= 11 is 0. The van der Waals surface area contributed by atoms with Crippen molar-refractivity contribution in [3.63, 3.8) is 0 Å². The van der Waals surface area contributed by atoms with Crippen LogP contribution in [0, 0.1) is 6.92 Å². The molecule has 1 nitrogen and oxygen atoms in total. The van der Waals surface area contributed by atoms with E-state index in [2.05, 4.69) is 44.2 Å². The molecule has 1 aromatic carbocycles. The molecule has 0 fully saturated rings. The molecule has 1 aromatic rings. The zero-order valence-electron chi connectivity index (χ0n) is 9.49. The topological polar surface area (TPSA) is 9.23 Å². The summed E-state index contributed by atoms with van der Waals surface area (Å²) in [4.78, 5) is 0. The Labute approximate surface area is 91.8 Å². The van der Waals surface area contributed by atoms with Crippen LogP contribution in [0.25, 0.3) is 6.08 Å². The van der Waals surface area contributed by atoms with Crippen molar-refractivity contribution in [2.45, 2.75) is 39.2 Å². The Morgan fingerprint density at radius 1 is 1.33 bits per heavy atom. The lowest BCUT2D eigenvalue weighted by Crippen LogP contribution is -2.16. The molecular formula is C14H18O. The van der Waals surface area contributed by atoms with Crippen LogP contribution < -0.4 is 4.74 Å². The molecule has 0 saturated heterocycles. The minimum absolute atomic E-state index is 0.278. The molecule has 0 spiro atoms. The van der Waals surface area contributed by atoms with Crippen molar-refractivity contribution >= 4 is 6.08 Å². The Balaban J connectivity index is 2.10. The van der Waals surface area contributed by atoms with Gasteiger partial charge in [-0.25, -0.2) is 0 Å². The van der Waals surface area contributed by atoms with Crippen molar-refractivity contribution in [2.75, 3.05) is 0 Å². The number of unbranched alkanes of at least 4 members (excludes halogenated alkanes) is 1. The molecule has 1 atom stereocenters. The van der Waals surface area contributed by atoms with Crippen molar-refractivity contribution in [1.82, 2.24) is 0 Å².